The number of rotatable bonds is 4. The van der Waals surface area contributed by atoms with E-state index >= 15 is 0 Å². The molecule has 3 fully saturated rings. The van der Waals surface area contributed by atoms with Crippen molar-refractivity contribution >= 4 is 29.2 Å². The van der Waals surface area contributed by atoms with Gasteiger partial charge in [0, 0.05) is 44.0 Å². The molecule has 3 amide bonds. The maximum Gasteiger partial charge on any atom is 0.410 e. The number of carbonyl (C=O) groups is 3. The Morgan fingerprint density at radius 1 is 1.03 bits per heavy atom. The molecular weight excluding hydrogens is 482 g/mol. The van der Waals surface area contributed by atoms with Crippen LogP contribution in [0.2, 0.25) is 0 Å². The van der Waals surface area contributed by atoms with Gasteiger partial charge in [0.2, 0.25) is 0 Å². The van der Waals surface area contributed by atoms with Gasteiger partial charge in [0.25, 0.3) is 11.8 Å². The Balaban J connectivity index is 1.11. The van der Waals surface area contributed by atoms with E-state index < -0.39 is 5.60 Å². The number of carbonyl (C=O) groups excluding carboxylic acids is 3. The van der Waals surface area contributed by atoms with Crippen molar-refractivity contribution in [1.29, 1.82) is 0 Å². The van der Waals surface area contributed by atoms with Crippen LogP contribution in [0, 0.1) is 5.41 Å². The Morgan fingerprint density at radius 3 is 2.29 bits per heavy atom. The summed E-state index contributed by atoms with van der Waals surface area (Å²) in [6.07, 6.45) is 6.22. The number of aromatic nitrogens is 2. The van der Waals surface area contributed by atoms with Gasteiger partial charge in [0.15, 0.2) is 5.65 Å². The maximum atomic E-state index is 12.9. The summed E-state index contributed by atoms with van der Waals surface area (Å²) in [6.45, 7) is 8.92. The van der Waals surface area contributed by atoms with E-state index in [1.807, 2.05) is 27.0 Å². The van der Waals surface area contributed by atoms with Gasteiger partial charge in [0.1, 0.15) is 5.60 Å². The second kappa shape index (κ2) is 7.82. The molecule has 2 aromatic heterocycles. The first-order valence-corrected chi connectivity index (χ1v) is 13.3. The third-order valence-corrected chi connectivity index (χ3v) is 7.95. The van der Waals surface area contributed by atoms with E-state index in [0.717, 1.165) is 24.4 Å². The number of likely N-dealkylation sites (tertiary alicyclic amines) is 1. The molecule has 0 atom stereocenters. The normalized spacial score (nSPS) is 20.1. The predicted octanol–water partition coefficient (Wildman–Crippen LogP) is 4.07. The zero-order chi connectivity index (χ0) is 26.4. The van der Waals surface area contributed by atoms with Crippen molar-refractivity contribution < 1.29 is 19.1 Å². The summed E-state index contributed by atoms with van der Waals surface area (Å²) in [4.78, 5) is 48.5. The van der Waals surface area contributed by atoms with Crippen LogP contribution in [0.3, 0.4) is 0 Å². The minimum atomic E-state index is -0.494. The van der Waals surface area contributed by atoms with E-state index in [1.54, 1.807) is 29.2 Å². The molecule has 0 radical (unpaired) electrons. The lowest BCUT2D eigenvalue weighted by molar-refractivity contribution is -0.0452. The second-order valence-electron chi connectivity index (χ2n) is 12.3. The monoisotopic (exact) mass is 513 g/mol. The number of anilines is 1. The van der Waals surface area contributed by atoms with Gasteiger partial charge in [-0.1, -0.05) is 12.1 Å². The van der Waals surface area contributed by atoms with Crippen LogP contribution in [0.1, 0.15) is 71.5 Å². The molecule has 1 spiro atoms. The topological polar surface area (TPSA) is 87.5 Å². The molecule has 9 heteroatoms. The smallest absolute Gasteiger partial charge is 0.410 e. The number of pyridine rings is 1. The number of hydrogen-bond acceptors (Lipinski definition) is 6. The highest BCUT2D eigenvalue weighted by atomic mass is 16.6. The Morgan fingerprint density at radius 2 is 1.68 bits per heavy atom. The summed E-state index contributed by atoms with van der Waals surface area (Å²) in [7, 11) is 0. The molecule has 0 unspecified atom stereocenters. The molecule has 1 saturated carbocycles. The number of benzene rings is 1. The number of amides is 3. The molecule has 0 bridgehead atoms. The highest BCUT2D eigenvalue weighted by Gasteiger charge is 2.54. The molecule has 5 heterocycles. The van der Waals surface area contributed by atoms with Crippen LogP contribution in [-0.2, 0) is 11.3 Å². The van der Waals surface area contributed by atoms with E-state index in [2.05, 4.69) is 21.6 Å². The van der Waals surface area contributed by atoms with Gasteiger partial charge in [-0.15, -0.1) is 0 Å². The molecule has 3 aromatic rings. The Bertz CT molecular complexity index is 1470. The highest BCUT2D eigenvalue weighted by Crippen LogP contribution is 2.46. The maximum absolute atomic E-state index is 12.9. The van der Waals surface area contributed by atoms with Crippen molar-refractivity contribution in [3.63, 3.8) is 0 Å². The summed E-state index contributed by atoms with van der Waals surface area (Å²) in [5.41, 5.74) is 4.38. The van der Waals surface area contributed by atoms with Gasteiger partial charge in [-0.05, 0) is 63.3 Å². The van der Waals surface area contributed by atoms with E-state index in [4.69, 9.17) is 9.72 Å². The van der Waals surface area contributed by atoms with E-state index in [1.165, 1.54) is 23.3 Å². The minimum Gasteiger partial charge on any atom is -0.444 e. The van der Waals surface area contributed by atoms with Crippen LogP contribution in [0.15, 0.2) is 42.7 Å². The standard InChI is InChI=1S/C29H31N5O4/c1-28(2,3)38-27(37)33-16-29(17-33)14-32(15-29)23-10-19(18-8-9-18)11-31-12-20(30-24(23)31)13-34-25(35)21-6-4-5-7-22(21)26(34)36/h4-7,10-12,18H,8-9,13-17H2,1-3H3. The first kappa shape index (κ1) is 23.3. The third kappa shape index (κ3) is 3.75. The van der Waals surface area contributed by atoms with Gasteiger partial charge in [-0.2, -0.15) is 0 Å². The Hall–Kier alpha value is -3.88. The van der Waals surface area contributed by atoms with Crippen molar-refractivity contribution in [2.45, 2.75) is 51.7 Å². The van der Waals surface area contributed by atoms with E-state index in [9.17, 15) is 14.4 Å². The molecule has 7 rings (SSSR count). The van der Waals surface area contributed by atoms with Crippen molar-refractivity contribution in [2.24, 2.45) is 5.41 Å². The van der Waals surface area contributed by atoms with Gasteiger partial charge in [-0.25, -0.2) is 9.78 Å². The molecular formula is C29H31N5O4. The van der Waals surface area contributed by atoms with Gasteiger partial charge in [0.05, 0.1) is 29.1 Å². The van der Waals surface area contributed by atoms with Crippen LogP contribution >= 0.6 is 0 Å². The zero-order valence-electron chi connectivity index (χ0n) is 21.9. The summed E-state index contributed by atoms with van der Waals surface area (Å²) in [5.74, 6) is 0.0263. The molecule has 4 aliphatic rings. The minimum absolute atomic E-state index is 0.0963. The summed E-state index contributed by atoms with van der Waals surface area (Å²) < 4.78 is 7.57. The largest absolute Gasteiger partial charge is 0.444 e. The van der Waals surface area contributed by atoms with Gasteiger partial charge >= 0.3 is 6.09 Å². The van der Waals surface area contributed by atoms with Crippen LogP contribution in [-0.4, -0.2) is 68.9 Å². The average molecular weight is 514 g/mol. The number of imidazole rings is 1. The van der Waals surface area contributed by atoms with Crippen molar-refractivity contribution in [1.82, 2.24) is 19.2 Å². The van der Waals surface area contributed by atoms with Crippen molar-refractivity contribution in [3.8, 4) is 0 Å². The van der Waals surface area contributed by atoms with Gasteiger partial charge < -0.3 is 18.9 Å². The fourth-order valence-corrected chi connectivity index (χ4v) is 6.00. The SMILES string of the molecule is CC(C)(C)OC(=O)N1CC2(C1)CN(c1cc(C3CC3)cn3cc(CN4C(=O)c5ccccc5C4=O)nc13)C2. The van der Waals surface area contributed by atoms with Crippen LogP contribution in [0.4, 0.5) is 10.5 Å². The Labute approximate surface area is 221 Å². The average Bonchev–Trinajstić information content (AvgIpc) is 3.53. The molecule has 1 aromatic carbocycles. The third-order valence-electron chi connectivity index (χ3n) is 7.95. The molecule has 9 nitrogen and oxygen atoms in total. The number of ether oxygens (including phenoxy) is 1. The number of hydrogen-bond donors (Lipinski definition) is 0. The number of imide groups is 1. The molecule has 196 valence electrons. The molecule has 1 aliphatic carbocycles. The lowest BCUT2D eigenvalue weighted by Crippen LogP contribution is -2.73. The molecule has 3 aliphatic heterocycles. The van der Waals surface area contributed by atoms with Crippen molar-refractivity contribution in [3.05, 3.63) is 65.1 Å². The van der Waals surface area contributed by atoms with Crippen LogP contribution in [0.25, 0.3) is 5.65 Å². The summed E-state index contributed by atoms with van der Waals surface area (Å²) >= 11 is 0. The van der Waals surface area contributed by atoms with Crippen molar-refractivity contribution in [2.75, 3.05) is 31.1 Å². The summed E-state index contributed by atoms with van der Waals surface area (Å²) in [6, 6.07) is 9.20. The molecule has 2 saturated heterocycles. The number of nitrogens with zero attached hydrogens (tertiary/aromatic N) is 5. The first-order valence-electron chi connectivity index (χ1n) is 13.3. The van der Waals surface area contributed by atoms with E-state index in [0.29, 0.717) is 35.8 Å². The van der Waals surface area contributed by atoms with Crippen LogP contribution in [0.5, 0.6) is 0 Å². The summed E-state index contributed by atoms with van der Waals surface area (Å²) in [5, 5.41) is 0. The lowest BCUT2D eigenvalue weighted by atomic mass is 9.73. The molecule has 38 heavy (non-hydrogen) atoms. The fourth-order valence-electron chi connectivity index (χ4n) is 6.00. The predicted molar refractivity (Wildman–Crippen MR) is 140 cm³/mol. The fraction of sp³-hybridized carbons (Fsp3) is 0.448. The zero-order valence-corrected chi connectivity index (χ0v) is 21.9. The number of fused-ring (bicyclic) bond motifs is 2. The quantitative estimate of drug-likeness (QED) is 0.489. The molecule has 0 N–H and O–H groups in total. The van der Waals surface area contributed by atoms with Crippen LogP contribution < -0.4 is 4.90 Å². The first-order chi connectivity index (χ1) is 18.1. The Kier molecular flexibility index (Phi) is 4.78. The second-order valence-corrected chi connectivity index (χ2v) is 12.3. The van der Waals surface area contributed by atoms with E-state index in [-0.39, 0.29) is 29.9 Å². The van der Waals surface area contributed by atoms with Gasteiger partial charge in [-0.3, -0.25) is 14.5 Å². The highest BCUT2D eigenvalue weighted by molar-refractivity contribution is 6.21. The lowest BCUT2D eigenvalue weighted by Gasteiger charge is -2.60.